The van der Waals surface area contributed by atoms with Crippen molar-refractivity contribution >= 4 is 11.8 Å². The first-order valence-electron chi connectivity index (χ1n) is 4.85. The van der Waals surface area contributed by atoms with Crippen LogP contribution in [0.2, 0.25) is 0 Å². The van der Waals surface area contributed by atoms with E-state index in [1.54, 1.807) is 0 Å². The van der Waals surface area contributed by atoms with Gasteiger partial charge in [0.25, 0.3) is 0 Å². The van der Waals surface area contributed by atoms with E-state index in [0.29, 0.717) is 10.8 Å². The molecule has 0 bridgehead atoms. The average Bonchev–Trinajstić information content (AvgIpc) is 1.82. The summed E-state index contributed by atoms with van der Waals surface area (Å²) < 4.78 is 0. The Hall–Kier alpha value is 0.310. The van der Waals surface area contributed by atoms with Gasteiger partial charge >= 0.3 is 0 Å². The van der Waals surface area contributed by atoms with Crippen molar-refractivity contribution < 1.29 is 0 Å². The minimum Gasteiger partial charge on any atom is -0.303 e. The van der Waals surface area contributed by atoms with E-state index in [1.807, 2.05) is 0 Å². The Labute approximate surface area is 80.7 Å². The lowest BCUT2D eigenvalue weighted by Gasteiger charge is -2.32. The van der Waals surface area contributed by atoms with E-state index in [4.69, 9.17) is 0 Å². The van der Waals surface area contributed by atoms with Crippen LogP contribution in [0.4, 0.5) is 0 Å². The molecule has 2 heteroatoms. The van der Waals surface area contributed by atoms with Gasteiger partial charge in [-0.1, -0.05) is 20.8 Å². The summed E-state index contributed by atoms with van der Waals surface area (Å²) in [6.45, 7) is 9.23. The highest BCUT2D eigenvalue weighted by Crippen LogP contribution is 2.29. The number of thioether (sulfide) groups is 1. The van der Waals surface area contributed by atoms with Crippen LogP contribution in [-0.2, 0) is 0 Å². The molecule has 1 N–H and O–H groups in total. The van der Waals surface area contributed by atoms with Gasteiger partial charge in [0.2, 0.25) is 0 Å². The number of hydrogen-bond acceptors (Lipinski definition) is 2. The first kappa shape index (κ1) is 10.4. The third-order valence-corrected chi connectivity index (χ3v) is 3.31. The van der Waals surface area contributed by atoms with Gasteiger partial charge in [-0.25, -0.2) is 0 Å². The molecular formula is C10H21NS. The molecule has 1 saturated heterocycles. The van der Waals surface area contributed by atoms with E-state index in [9.17, 15) is 0 Å². The van der Waals surface area contributed by atoms with Gasteiger partial charge in [0, 0.05) is 6.04 Å². The van der Waals surface area contributed by atoms with Crippen LogP contribution in [0.15, 0.2) is 0 Å². The highest BCUT2D eigenvalue weighted by molar-refractivity contribution is 7.99. The SMILES string of the molecule is CC1CCSC(CC(C)(C)C)N1. The zero-order chi connectivity index (χ0) is 9.19. The summed E-state index contributed by atoms with van der Waals surface area (Å²) in [4.78, 5) is 0. The standard InChI is InChI=1S/C10H21NS/c1-8-5-6-12-9(11-8)7-10(2,3)4/h8-9,11H,5-7H2,1-4H3. The molecule has 1 fully saturated rings. The molecule has 72 valence electrons. The average molecular weight is 187 g/mol. The maximum atomic E-state index is 3.64. The van der Waals surface area contributed by atoms with Gasteiger partial charge in [-0.05, 0) is 30.9 Å². The van der Waals surface area contributed by atoms with E-state index < -0.39 is 0 Å². The molecular weight excluding hydrogens is 166 g/mol. The first-order valence-corrected chi connectivity index (χ1v) is 5.90. The maximum Gasteiger partial charge on any atom is 0.0539 e. The Bertz CT molecular complexity index is 139. The Balaban J connectivity index is 2.32. The maximum absolute atomic E-state index is 3.64. The van der Waals surface area contributed by atoms with Gasteiger partial charge in [-0.15, -0.1) is 11.8 Å². The van der Waals surface area contributed by atoms with Gasteiger partial charge in [0.15, 0.2) is 0 Å². The second-order valence-electron chi connectivity index (χ2n) is 4.98. The first-order chi connectivity index (χ1) is 5.47. The molecule has 1 rings (SSSR count). The third kappa shape index (κ3) is 3.81. The predicted molar refractivity (Wildman–Crippen MR) is 57.5 cm³/mol. The van der Waals surface area contributed by atoms with E-state index in [-0.39, 0.29) is 0 Å². The van der Waals surface area contributed by atoms with Crippen molar-refractivity contribution in [2.45, 2.75) is 52.0 Å². The van der Waals surface area contributed by atoms with Gasteiger partial charge in [-0.3, -0.25) is 0 Å². The number of rotatable bonds is 1. The molecule has 0 amide bonds. The van der Waals surface area contributed by atoms with Gasteiger partial charge in [0.05, 0.1) is 5.37 Å². The Morgan fingerprint density at radius 1 is 1.42 bits per heavy atom. The summed E-state index contributed by atoms with van der Waals surface area (Å²) in [6.07, 6.45) is 2.60. The number of nitrogens with one attached hydrogen (secondary N) is 1. The second-order valence-corrected chi connectivity index (χ2v) is 6.29. The monoisotopic (exact) mass is 187 g/mol. The van der Waals surface area contributed by atoms with Crippen LogP contribution >= 0.6 is 11.8 Å². The molecule has 0 radical (unpaired) electrons. The minimum atomic E-state index is 0.460. The minimum absolute atomic E-state index is 0.460. The van der Waals surface area contributed by atoms with Crippen molar-refractivity contribution in [2.24, 2.45) is 5.41 Å². The number of hydrogen-bond donors (Lipinski definition) is 1. The molecule has 1 aliphatic rings. The Kier molecular flexibility index (Phi) is 3.47. The fraction of sp³-hybridized carbons (Fsp3) is 1.00. The van der Waals surface area contributed by atoms with E-state index >= 15 is 0 Å². The van der Waals surface area contributed by atoms with E-state index in [0.717, 1.165) is 6.04 Å². The molecule has 1 nitrogen and oxygen atoms in total. The zero-order valence-electron chi connectivity index (χ0n) is 8.68. The zero-order valence-corrected chi connectivity index (χ0v) is 9.50. The molecule has 0 aromatic heterocycles. The molecule has 0 spiro atoms. The van der Waals surface area contributed by atoms with Crippen molar-refractivity contribution in [3.8, 4) is 0 Å². The fourth-order valence-corrected chi connectivity index (χ4v) is 3.23. The summed E-state index contributed by atoms with van der Waals surface area (Å²) in [5.41, 5.74) is 0.460. The highest BCUT2D eigenvalue weighted by Gasteiger charge is 2.23. The Morgan fingerprint density at radius 3 is 2.58 bits per heavy atom. The van der Waals surface area contributed by atoms with Gasteiger partial charge in [-0.2, -0.15) is 0 Å². The third-order valence-electron chi connectivity index (χ3n) is 2.14. The smallest absolute Gasteiger partial charge is 0.0539 e. The molecule has 0 saturated carbocycles. The topological polar surface area (TPSA) is 12.0 Å². The van der Waals surface area contributed by atoms with Gasteiger partial charge in [0.1, 0.15) is 0 Å². The van der Waals surface area contributed by atoms with Crippen LogP contribution in [0.1, 0.15) is 40.5 Å². The quantitative estimate of drug-likeness (QED) is 0.677. The lowest BCUT2D eigenvalue weighted by molar-refractivity contribution is 0.335. The van der Waals surface area contributed by atoms with E-state index in [2.05, 4.69) is 44.8 Å². The van der Waals surface area contributed by atoms with Crippen LogP contribution in [0.25, 0.3) is 0 Å². The lowest BCUT2D eigenvalue weighted by Crippen LogP contribution is -2.40. The molecule has 0 aromatic rings. The summed E-state index contributed by atoms with van der Waals surface area (Å²) in [5.74, 6) is 1.33. The van der Waals surface area contributed by atoms with Crippen molar-refractivity contribution in [1.29, 1.82) is 0 Å². The molecule has 12 heavy (non-hydrogen) atoms. The molecule has 2 unspecified atom stereocenters. The molecule has 1 aliphatic heterocycles. The van der Waals surface area contributed by atoms with Crippen LogP contribution < -0.4 is 5.32 Å². The van der Waals surface area contributed by atoms with Crippen LogP contribution in [0, 0.1) is 5.41 Å². The fourth-order valence-electron chi connectivity index (χ4n) is 1.51. The van der Waals surface area contributed by atoms with Crippen molar-refractivity contribution in [2.75, 3.05) is 5.75 Å². The van der Waals surface area contributed by atoms with Crippen LogP contribution in [0.3, 0.4) is 0 Å². The molecule has 2 atom stereocenters. The lowest BCUT2D eigenvalue weighted by atomic mass is 9.92. The van der Waals surface area contributed by atoms with Crippen LogP contribution in [-0.4, -0.2) is 17.2 Å². The summed E-state index contributed by atoms with van der Waals surface area (Å²) in [5, 5.41) is 4.32. The normalized spacial score (nSPS) is 32.0. The molecule has 0 aliphatic carbocycles. The van der Waals surface area contributed by atoms with Crippen molar-refractivity contribution in [3.63, 3.8) is 0 Å². The molecule has 0 aromatic carbocycles. The van der Waals surface area contributed by atoms with Gasteiger partial charge < -0.3 is 5.32 Å². The summed E-state index contributed by atoms with van der Waals surface area (Å²) >= 11 is 2.08. The van der Waals surface area contributed by atoms with Crippen molar-refractivity contribution in [3.05, 3.63) is 0 Å². The highest BCUT2D eigenvalue weighted by atomic mass is 32.2. The van der Waals surface area contributed by atoms with Crippen molar-refractivity contribution in [1.82, 2.24) is 5.32 Å². The predicted octanol–water partition coefficient (Wildman–Crippen LogP) is 2.86. The Morgan fingerprint density at radius 2 is 2.08 bits per heavy atom. The summed E-state index contributed by atoms with van der Waals surface area (Å²) in [7, 11) is 0. The second kappa shape index (κ2) is 4.01. The molecule has 1 heterocycles. The summed E-state index contributed by atoms with van der Waals surface area (Å²) in [6, 6.07) is 0.721. The van der Waals surface area contributed by atoms with E-state index in [1.165, 1.54) is 18.6 Å². The largest absolute Gasteiger partial charge is 0.303 e. The van der Waals surface area contributed by atoms with Crippen LogP contribution in [0.5, 0.6) is 0 Å².